The van der Waals surface area contributed by atoms with E-state index in [-0.39, 0.29) is 11.3 Å². The minimum Gasteiger partial charge on any atom is -0.478 e. The molecular formula is C14H11BrN2O3. The Labute approximate surface area is 123 Å². The van der Waals surface area contributed by atoms with Gasteiger partial charge in [0.15, 0.2) is 0 Å². The van der Waals surface area contributed by atoms with Gasteiger partial charge in [-0.1, -0.05) is 12.1 Å². The molecule has 0 bridgehead atoms. The molecule has 1 aromatic carbocycles. The molecule has 0 aliphatic carbocycles. The number of amides is 1. The maximum absolute atomic E-state index is 12.0. The number of carbonyl (C=O) groups excluding carboxylic acids is 1. The van der Waals surface area contributed by atoms with E-state index in [4.69, 9.17) is 5.11 Å². The molecule has 2 aromatic rings. The van der Waals surface area contributed by atoms with Crippen LogP contribution in [0.1, 0.15) is 26.4 Å². The highest BCUT2D eigenvalue weighted by molar-refractivity contribution is 9.10. The van der Waals surface area contributed by atoms with Crippen molar-refractivity contribution in [3.8, 4) is 0 Å². The summed E-state index contributed by atoms with van der Waals surface area (Å²) in [5, 5.41) is 11.5. The molecule has 0 radical (unpaired) electrons. The summed E-state index contributed by atoms with van der Waals surface area (Å²) in [6.07, 6.45) is 1.16. The summed E-state index contributed by atoms with van der Waals surface area (Å²) in [5.74, 6) is -1.47. The number of pyridine rings is 1. The number of aromatic carboxylic acids is 1. The van der Waals surface area contributed by atoms with Crippen LogP contribution in [0.4, 0.5) is 5.69 Å². The summed E-state index contributed by atoms with van der Waals surface area (Å²) < 4.78 is 0.801. The first-order chi connectivity index (χ1) is 9.49. The lowest BCUT2D eigenvalue weighted by molar-refractivity contribution is 0.0696. The van der Waals surface area contributed by atoms with Crippen molar-refractivity contribution >= 4 is 33.5 Å². The second-order valence-electron chi connectivity index (χ2n) is 4.13. The van der Waals surface area contributed by atoms with Crippen molar-refractivity contribution in [3.63, 3.8) is 0 Å². The van der Waals surface area contributed by atoms with Gasteiger partial charge in [-0.2, -0.15) is 0 Å². The largest absolute Gasteiger partial charge is 0.478 e. The third-order valence-corrected chi connectivity index (χ3v) is 3.74. The number of rotatable bonds is 3. The normalized spacial score (nSPS) is 10.1. The van der Waals surface area contributed by atoms with Crippen LogP contribution in [-0.2, 0) is 0 Å². The van der Waals surface area contributed by atoms with E-state index < -0.39 is 11.9 Å². The van der Waals surface area contributed by atoms with E-state index in [2.05, 4.69) is 26.2 Å². The number of carboxylic acids is 1. The van der Waals surface area contributed by atoms with Gasteiger partial charge in [-0.25, -0.2) is 4.79 Å². The zero-order chi connectivity index (χ0) is 14.7. The second kappa shape index (κ2) is 5.83. The molecule has 0 aliphatic rings. The quantitative estimate of drug-likeness (QED) is 0.903. The average Bonchev–Trinajstić information content (AvgIpc) is 2.44. The molecule has 0 fully saturated rings. The lowest BCUT2D eigenvalue weighted by Crippen LogP contribution is -2.14. The molecule has 0 unspecified atom stereocenters. The maximum Gasteiger partial charge on any atom is 0.337 e. The lowest BCUT2D eigenvalue weighted by Gasteiger charge is -2.08. The summed E-state index contributed by atoms with van der Waals surface area (Å²) in [4.78, 5) is 26.6. The van der Waals surface area contributed by atoms with E-state index in [9.17, 15) is 9.59 Å². The first-order valence-corrected chi connectivity index (χ1v) is 6.54. The van der Waals surface area contributed by atoms with Crippen molar-refractivity contribution in [2.45, 2.75) is 6.92 Å². The van der Waals surface area contributed by atoms with Crippen molar-refractivity contribution in [1.82, 2.24) is 4.98 Å². The molecule has 5 nitrogen and oxygen atoms in total. The van der Waals surface area contributed by atoms with Gasteiger partial charge in [0.25, 0.3) is 5.91 Å². The number of nitrogens with zero attached hydrogens (tertiary/aromatic N) is 1. The molecule has 0 spiro atoms. The molecule has 2 N–H and O–H groups in total. The van der Waals surface area contributed by atoms with E-state index in [1.807, 2.05) is 19.1 Å². The topological polar surface area (TPSA) is 79.3 Å². The Morgan fingerprint density at radius 2 is 2.00 bits per heavy atom. The summed E-state index contributed by atoms with van der Waals surface area (Å²) in [6.45, 7) is 1.92. The van der Waals surface area contributed by atoms with Crippen LogP contribution in [0.2, 0.25) is 0 Å². The molecule has 1 amide bonds. The molecule has 6 heteroatoms. The van der Waals surface area contributed by atoms with Gasteiger partial charge in [0, 0.05) is 10.7 Å². The van der Waals surface area contributed by atoms with E-state index in [0.717, 1.165) is 16.2 Å². The number of benzene rings is 1. The number of carboxylic acid groups (broad SMARTS) is 1. The van der Waals surface area contributed by atoms with Gasteiger partial charge in [-0.05, 0) is 46.6 Å². The Hall–Kier alpha value is -2.21. The number of halogens is 1. The molecule has 102 valence electrons. The predicted molar refractivity (Wildman–Crippen MR) is 78.0 cm³/mol. The van der Waals surface area contributed by atoms with Crippen LogP contribution in [0.3, 0.4) is 0 Å². The highest BCUT2D eigenvalue weighted by atomic mass is 79.9. The lowest BCUT2D eigenvalue weighted by atomic mass is 10.2. The number of aryl methyl sites for hydroxylation is 1. The van der Waals surface area contributed by atoms with Gasteiger partial charge in [0.05, 0.1) is 11.3 Å². The van der Waals surface area contributed by atoms with Crippen molar-refractivity contribution in [3.05, 3.63) is 57.8 Å². The van der Waals surface area contributed by atoms with Gasteiger partial charge < -0.3 is 10.4 Å². The fraction of sp³-hybridized carbons (Fsp3) is 0.0714. The highest BCUT2D eigenvalue weighted by Gasteiger charge is 2.11. The van der Waals surface area contributed by atoms with E-state index in [1.54, 1.807) is 6.07 Å². The molecule has 0 saturated carbocycles. The average molecular weight is 335 g/mol. The van der Waals surface area contributed by atoms with Crippen molar-refractivity contribution in [1.29, 1.82) is 0 Å². The Bertz CT molecular complexity index is 669. The van der Waals surface area contributed by atoms with Gasteiger partial charge in [0.2, 0.25) is 0 Å². The number of carbonyl (C=O) groups is 2. The van der Waals surface area contributed by atoms with Crippen LogP contribution in [0.5, 0.6) is 0 Å². The Kier molecular flexibility index (Phi) is 4.14. The number of hydrogen-bond donors (Lipinski definition) is 2. The molecular weight excluding hydrogens is 324 g/mol. The predicted octanol–water partition coefficient (Wildman–Crippen LogP) is 3.10. The second-order valence-corrected chi connectivity index (χ2v) is 4.92. The van der Waals surface area contributed by atoms with Gasteiger partial charge in [-0.3, -0.25) is 9.78 Å². The number of aromatic nitrogens is 1. The molecule has 2 rings (SSSR count). The Balaban J connectivity index is 2.20. The van der Waals surface area contributed by atoms with Crippen LogP contribution < -0.4 is 5.32 Å². The molecule has 1 aromatic heterocycles. The van der Waals surface area contributed by atoms with Crippen LogP contribution >= 0.6 is 15.9 Å². The van der Waals surface area contributed by atoms with Crippen LogP contribution in [-0.4, -0.2) is 22.0 Å². The van der Waals surface area contributed by atoms with Crippen molar-refractivity contribution < 1.29 is 14.7 Å². The van der Waals surface area contributed by atoms with Crippen molar-refractivity contribution in [2.24, 2.45) is 0 Å². The van der Waals surface area contributed by atoms with Crippen LogP contribution in [0.15, 0.2) is 41.0 Å². The zero-order valence-electron chi connectivity index (χ0n) is 10.6. The highest BCUT2D eigenvalue weighted by Crippen LogP contribution is 2.25. The summed E-state index contributed by atoms with van der Waals surface area (Å²) in [7, 11) is 0. The summed E-state index contributed by atoms with van der Waals surface area (Å²) >= 11 is 3.40. The first-order valence-electron chi connectivity index (χ1n) is 5.75. The zero-order valence-corrected chi connectivity index (χ0v) is 12.1. The monoisotopic (exact) mass is 334 g/mol. The van der Waals surface area contributed by atoms with Crippen LogP contribution in [0.25, 0.3) is 0 Å². The molecule has 1 heterocycles. The van der Waals surface area contributed by atoms with E-state index >= 15 is 0 Å². The smallest absolute Gasteiger partial charge is 0.337 e. The third-order valence-electron chi connectivity index (χ3n) is 2.68. The Morgan fingerprint density at radius 1 is 1.25 bits per heavy atom. The molecule has 0 aliphatic heterocycles. The standard InChI is InChI=1S/C14H11BrN2O3/c1-8-3-2-4-10(12(8)15)17-13(18)11-6-5-9(7-16-11)14(19)20/h2-7H,1H3,(H,17,18)(H,19,20). The summed E-state index contributed by atoms with van der Waals surface area (Å²) in [5.41, 5.74) is 1.83. The van der Waals surface area contributed by atoms with E-state index in [0.29, 0.717) is 5.69 Å². The summed E-state index contributed by atoms with van der Waals surface area (Å²) in [6, 6.07) is 8.23. The maximum atomic E-state index is 12.0. The minimum absolute atomic E-state index is 0.0401. The van der Waals surface area contributed by atoms with E-state index in [1.165, 1.54) is 12.1 Å². The molecule has 0 atom stereocenters. The third kappa shape index (κ3) is 3.03. The number of nitrogens with one attached hydrogen (secondary N) is 1. The number of hydrogen-bond acceptors (Lipinski definition) is 3. The van der Waals surface area contributed by atoms with Crippen molar-refractivity contribution in [2.75, 3.05) is 5.32 Å². The minimum atomic E-state index is -1.08. The first kappa shape index (κ1) is 14.2. The van der Waals surface area contributed by atoms with Gasteiger partial charge in [-0.15, -0.1) is 0 Å². The Morgan fingerprint density at radius 3 is 2.60 bits per heavy atom. The fourth-order valence-electron chi connectivity index (χ4n) is 1.58. The SMILES string of the molecule is Cc1cccc(NC(=O)c2ccc(C(=O)O)cn2)c1Br. The number of anilines is 1. The molecule has 20 heavy (non-hydrogen) atoms. The van der Waals surface area contributed by atoms with Gasteiger partial charge >= 0.3 is 5.97 Å². The molecule has 0 saturated heterocycles. The fourth-order valence-corrected chi connectivity index (χ4v) is 1.95. The van der Waals surface area contributed by atoms with Gasteiger partial charge in [0.1, 0.15) is 5.69 Å². The van der Waals surface area contributed by atoms with Crippen LogP contribution in [0, 0.1) is 6.92 Å².